The number of benzene rings is 1. The Morgan fingerprint density at radius 2 is 1.43 bits per heavy atom. The molecular formula is C11H15Li2NO10S4. The van der Waals surface area contributed by atoms with E-state index in [0.717, 1.165) is 13.2 Å². The van der Waals surface area contributed by atoms with Crippen molar-refractivity contribution in [2.45, 2.75) is 28.4 Å². The molecule has 0 aliphatic heterocycles. The van der Waals surface area contributed by atoms with Crippen molar-refractivity contribution in [1.82, 2.24) is 0 Å². The molecule has 1 unspecified atom stereocenters. The van der Waals surface area contributed by atoms with Crippen LogP contribution in [0.15, 0.2) is 28.0 Å². The van der Waals surface area contributed by atoms with Gasteiger partial charge in [0.2, 0.25) is 10.0 Å². The quantitative estimate of drug-likeness (QED) is 0.286. The largest absolute Gasteiger partial charge is 1.00 e. The summed E-state index contributed by atoms with van der Waals surface area (Å²) < 4.78 is 115. The third kappa shape index (κ3) is 9.17. The Bertz CT molecular complexity index is 1110. The summed E-state index contributed by atoms with van der Waals surface area (Å²) in [4.78, 5) is -2.03. The molecule has 0 saturated carbocycles. The molecule has 0 fully saturated rings. The monoisotopic (exact) mass is 463 g/mol. The summed E-state index contributed by atoms with van der Waals surface area (Å²) in [6, 6.07) is 1.46. The van der Waals surface area contributed by atoms with Gasteiger partial charge in [-0.05, 0) is 31.5 Å². The van der Waals surface area contributed by atoms with E-state index in [1.807, 2.05) is 0 Å². The van der Waals surface area contributed by atoms with Gasteiger partial charge in [0.25, 0.3) is 0 Å². The predicted molar refractivity (Wildman–Crippen MR) is 88.7 cm³/mol. The van der Waals surface area contributed by atoms with E-state index in [2.05, 4.69) is 0 Å². The summed E-state index contributed by atoms with van der Waals surface area (Å²) >= 11 is 0. The topological polar surface area (TPSA) is 195 Å². The first-order valence-corrected chi connectivity index (χ1v) is 13.1. The molecule has 0 aliphatic rings. The van der Waals surface area contributed by atoms with Gasteiger partial charge in [0, 0.05) is 6.26 Å². The maximum Gasteiger partial charge on any atom is 1.00 e. The van der Waals surface area contributed by atoms with E-state index in [-0.39, 0.29) is 44.1 Å². The second-order valence-electron chi connectivity index (χ2n) is 5.44. The number of sulfonamides is 1. The number of rotatable bonds is 8. The molecule has 150 valence electrons. The molecule has 0 radical (unpaired) electrons. The van der Waals surface area contributed by atoms with Crippen LogP contribution in [-0.2, 0) is 40.1 Å². The SMILES string of the molecule is CC(CCS(C)(=O)=O)S(=O)(=O)Nc1cc(S(=O)(=O)[O-])ccc1S(=O)(=O)[O-].[Li+].[Li+]. The Morgan fingerprint density at radius 3 is 1.82 bits per heavy atom. The molecule has 0 heterocycles. The van der Waals surface area contributed by atoms with Crippen LogP contribution in [0.4, 0.5) is 5.69 Å². The van der Waals surface area contributed by atoms with Crippen molar-refractivity contribution in [3.63, 3.8) is 0 Å². The smallest absolute Gasteiger partial charge is 0.744 e. The molecule has 0 saturated heterocycles. The Morgan fingerprint density at radius 1 is 0.929 bits per heavy atom. The summed E-state index contributed by atoms with van der Waals surface area (Å²) in [5.74, 6) is -0.475. The van der Waals surface area contributed by atoms with Crippen molar-refractivity contribution < 1.29 is 80.5 Å². The third-order valence-corrected chi connectivity index (χ3v) is 7.69. The summed E-state index contributed by atoms with van der Waals surface area (Å²) in [6.45, 7) is 1.13. The maximum atomic E-state index is 12.2. The summed E-state index contributed by atoms with van der Waals surface area (Å²) in [5, 5.41) is -1.33. The Balaban J connectivity index is 0. The zero-order valence-corrected chi connectivity index (χ0v) is 18.7. The van der Waals surface area contributed by atoms with E-state index in [1.165, 1.54) is 0 Å². The summed E-state index contributed by atoms with van der Waals surface area (Å²) in [5.41, 5.74) is -0.914. The van der Waals surface area contributed by atoms with Gasteiger partial charge in [-0.25, -0.2) is 33.7 Å². The van der Waals surface area contributed by atoms with Crippen molar-refractivity contribution in [2.75, 3.05) is 16.7 Å². The maximum absolute atomic E-state index is 12.2. The number of hydrogen-bond donors (Lipinski definition) is 1. The molecule has 0 spiro atoms. The number of anilines is 1. The second-order valence-corrected chi connectivity index (χ2v) is 12.5. The zero-order chi connectivity index (χ0) is 20.6. The normalized spacial score (nSPS) is 13.7. The molecule has 0 aliphatic carbocycles. The third-order valence-electron chi connectivity index (χ3n) is 3.19. The first-order valence-electron chi connectivity index (χ1n) is 6.69. The van der Waals surface area contributed by atoms with Crippen LogP contribution in [0.2, 0.25) is 0 Å². The van der Waals surface area contributed by atoms with Gasteiger partial charge in [-0.3, -0.25) is 4.72 Å². The molecule has 1 aromatic carbocycles. The van der Waals surface area contributed by atoms with Crippen LogP contribution in [0, 0.1) is 0 Å². The van der Waals surface area contributed by atoms with Crippen molar-refractivity contribution in [3.8, 4) is 0 Å². The Kier molecular flexibility index (Phi) is 11.1. The number of nitrogens with one attached hydrogen (secondary N) is 1. The Labute approximate surface area is 188 Å². The fraction of sp³-hybridized carbons (Fsp3) is 0.455. The van der Waals surface area contributed by atoms with Gasteiger partial charge in [-0.2, -0.15) is 0 Å². The van der Waals surface area contributed by atoms with Gasteiger partial charge in [-0.15, -0.1) is 0 Å². The molecule has 11 nitrogen and oxygen atoms in total. The van der Waals surface area contributed by atoms with Crippen LogP contribution >= 0.6 is 0 Å². The predicted octanol–water partition coefficient (Wildman–Crippen LogP) is -6.93. The average molecular weight is 463 g/mol. The van der Waals surface area contributed by atoms with Crippen LogP contribution in [0.5, 0.6) is 0 Å². The standard InChI is InChI=1S/C11H17NO10S4.2Li/c1-8(5-6-23(2,13)14)24(15,16)12-10-7-9(25(17,18)19)3-4-11(10)26(20,21)22;;/h3-4,7-8,12H,5-6H2,1-2H3,(H,17,18,19)(H,20,21,22);;/q;2*+1/p-2. The first kappa shape index (κ1) is 30.1. The van der Waals surface area contributed by atoms with Crippen LogP contribution < -0.4 is 42.4 Å². The van der Waals surface area contributed by atoms with Gasteiger partial charge in [0.1, 0.15) is 30.1 Å². The van der Waals surface area contributed by atoms with Crippen LogP contribution in [0.1, 0.15) is 13.3 Å². The molecule has 28 heavy (non-hydrogen) atoms. The zero-order valence-electron chi connectivity index (χ0n) is 15.4. The van der Waals surface area contributed by atoms with Crippen molar-refractivity contribution in [2.24, 2.45) is 0 Å². The van der Waals surface area contributed by atoms with Crippen molar-refractivity contribution in [1.29, 1.82) is 0 Å². The summed E-state index contributed by atoms with van der Waals surface area (Å²) in [6.07, 6.45) is 0.553. The minimum Gasteiger partial charge on any atom is -0.744 e. The van der Waals surface area contributed by atoms with Gasteiger partial charge >= 0.3 is 37.7 Å². The molecule has 17 heteroatoms. The van der Waals surface area contributed by atoms with Crippen LogP contribution in [0.3, 0.4) is 0 Å². The van der Waals surface area contributed by atoms with E-state index >= 15 is 0 Å². The number of hydrogen-bond acceptors (Lipinski definition) is 10. The molecule has 1 aromatic rings. The second kappa shape index (κ2) is 10.3. The molecule has 1 atom stereocenters. The van der Waals surface area contributed by atoms with Gasteiger partial charge in [-0.1, -0.05) is 0 Å². The van der Waals surface area contributed by atoms with E-state index in [0.29, 0.717) is 18.2 Å². The molecule has 0 bridgehead atoms. The first-order chi connectivity index (χ1) is 11.4. The van der Waals surface area contributed by atoms with Gasteiger partial charge in [0.15, 0.2) is 0 Å². The van der Waals surface area contributed by atoms with Gasteiger partial charge in [0.05, 0.1) is 26.5 Å². The van der Waals surface area contributed by atoms with Crippen molar-refractivity contribution >= 4 is 45.8 Å². The minimum absolute atomic E-state index is 0. The average Bonchev–Trinajstić information content (AvgIpc) is 2.41. The molecule has 1 N–H and O–H groups in total. The fourth-order valence-electron chi connectivity index (χ4n) is 1.75. The summed E-state index contributed by atoms with van der Waals surface area (Å²) in [7, 11) is -18.1. The molecule has 0 amide bonds. The van der Waals surface area contributed by atoms with E-state index in [9.17, 15) is 42.8 Å². The molecule has 0 aromatic heterocycles. The minimum atomic E-state index is -5.20. The van der Waals surface area contributed by atoms with E-state index in [4.69, 9.17) is 0 Å². The van der Waals surface area contributed by atoms with Crippen LogP contribution in [0.25, 0.3) is 0 Å². The van der Waals surface area contributed by atoms with Crippen LogP contribution in [-0.4, -0.2) is 60.0 Å². The van der Waals surface area contributed by atoms with E-state index in [1.54, 1.807) is 4.72 Å². The fourth-order valence-corrected chi connectivity index (χ4v) is 4.96. The Hall–Kier alpha value is -0.0652. The van der Waals surface area contributed by atoms with Gasteiger partial charge < -0.3 is 9.11 Å². The molecular weight excluding hydrogens is 448 g/mol. The van der Waals surface area contributed by atoms with E-state index < -0.39 is 66.6 Å². The number of sulfone groups is 1. The molecule has 1 rings (SSSR count). The van der Waals surface area contributed by atoms with Crippen molar-refractivity contribution in [3.05, 3.63) is 18.2 Å².